The molecular formula is C18H28O3. The SMILES string of the molecule is CCCCCCCCCCC(=O)c1ccc(OCO)cc1. The molecule has 0 heterocycles. The number of carbonyl (C=O) groups excluding carboxylic acids is 1. The molecule has 0 atom stereocenters. The van der Waals surface area contributed by atoms with Gasteiger partial charge >= 0.3 is 0 Å². The Balaban J connectivity index is 2.13. The standard InChI is InChI=1S/C18H28O3/c1-2-3-4-5-6-7-8-9-10-18(20)16-11-13-17(14-12-16)21-15-19/h11-14,19H,2-10,15H2,1H3. The second-order valence-corrected chi connectivity index (χ2v) is 5.45. The van der Waals surface area contributed by atoms with Crippen molar-refractivity contribution in [3.63, 3.8) is 0 Å². The zero-order valence-electron chi connectivity index (χ0n) is 13.1. The van der Waals surface area contributed by atoms with E-state index in [1.165, 1.54) is 38.5 Å². The third kappa shape index (κ3) is 7.86. The Morgan fingerprint density at radius 1 is 0.952 bits per heavy atom. The summed E-state index contributed by atoms with van der Waals surface area (Å²) in [5, 5.41) is 8.64. The lowest BCUT2D eigenvalue weighted by atomic mass is 10.0. The number of hydrogen-bond donors (Lipinski definition) is 1. The summed E-state index contributed by atoms with van der Waals surface area (Å²) >= 11 is 0. The van der Waals surface area contributed by atoms with Gasteiger partial charge in [0.1, 0.15) is 5.75 Å². The highest BCUT2D eigenvalue weighted by Gasteiger charge is 2.05. The van der Waals surface area contributed by atoms with Gasteiger partial charge in [-0.15, -0.1) is 0 Å². The largest absolute Gasteiger partial charge is 0.468 e. The molecule has 1 rings (SSSR count). The molecule has 0 bridgehead atoms. The molecule has 0 spiro atoms. The van der Waals surface area contributed by atoms with Crippen LogP contribution in [-0.4, -0.2) is 17.7 Å². The zero-order chi connectivity index (χ0) is 15.3. The van der Waals surface area contributed by atoms with Gasteiger partial charge in [-0.25, -0.2) is 0 Å². The van der Waals surface area contributed by atoms with E-state index in [4.69, 9.17) is 9.84 Å². The Labute approximate surface area is 128 Å². The molecule has 21 heavy (non-hydrogen) atoms. The van der Waals surface area contributed by atoms with Crippen LogP contribution in [0.1, 0.15) is 75.1 Å². The van der Waals surface area contributed by atoms with Crippen LogP contribution in [0.15, 0.2) is 24.3 Å². The maximum atomic E-state index is 12.0. The zero-order valence-corrected chi connectivity index (χ0v) is 13.1. The number of aliphatic hydroxyl groups is 1. The Bertz CT molecular complexity index is 384. The summed E-state index contributed by atoms with van der Waals surface area (Å²) in [6.45, 7) is 1.89. The Morgan fingerprint density at radius 3 is 2.10 bits per heavy atom. The summed E-state index contributed by atoms with van der Waals surface area (Å²) < 4.78 is 4.94. The van der Waals surface area contributed by atoms with Crippen molar-refractivity contribution < 1.29 is 14.6 Å². The predicted molar refractivity (Wildman–Crippen MR) is 85.7 cm³/mol. The number of ether oxygens (including phenoxy) is 1. The predicted octanol–water partition coefficient (Wildman–Crippen LogP) is 4.73. The quantitative estimate of drug-likeness (QED) is 0.344. The lowest BCUT2D eigenvalue weighted by Crippen LogP contribution is -2.00. The van der Waals surface area contributed by atoms with Crippen molar-refractivity contribution in [2.75, 3.05) is 6.79 Å². The van der Waals surface area contributed by atoms with Crippen LogP contribution >= 0.6 is 0 Å². The molecule has 0 saturated heterocycles. The van der Waals surface area contributed by atoms with Crippen LogP contribution < -0.4 is 4.74 Å². The van der Waals surface area contributed by atoms with Gasteiger partial charge in [0.2, 0.25) is 0 Å². The highest BCUT2D eigenvalue weighted by molar-refractivity contribution is 5.96. The minimum absolute atomic E-state index is 0.191. The minimum Gasteiger partial charge on any atom is -0.468 e. The van der Waals surface area contributed by atoms with Crippen LogP contribution in [0, 0.1) is 0 Å². The van der Waals surface area contributed by atoms with Gasteiger partial charge in [-0.2, -0.15) is 0 Å². The van der Waals surface area contributed by atoms with Crippen molar-refractivity contribution in [3.8, 4) is 5.75 Å². The maximum Gasteiger partial charge on any atom is 0.186 e. The van der Waals surface area contributed by atoms with E-state index in [0.29, 0.717) is 12.2 Å². The Hall–Kier alpha value is -1.35. The van der Waals surface area contributed by atoms with Crippen LogP contribution in [0.25, 0.3) is 0 Å². The molecule has 0 aliphatic heterocycles. The summed E-state index contributed by atoms with van der Waals surface area (Å²) in [6, 6.07) is 6.96. The van der Waals surface area contributed by atoms with Crippen molar-refractivity contribution in [1.82, 2.24) is 0 Å². The van der Waals surface area contributed by atoms with Gasteiger partial charge in [-0.05, 0) is 30.7 Å². The first-order chi connectivity index (χ1) is 10.3. The molecule has 0 radical (unpaired) electrons. The molecule has 0 aromatic heterocycles. The maximum absolute atomic E-state index is 12.0. The number of aliphatic hydroxyl groups excluding tert-OH is 1. The van der Waals surface area contributed by atoms with E-state index in [-0.39, 0.29) is 12.6 Å². The van der Waals surface area contributed by atoms with Gasteiger partial charge < -0.3 is 9.84 Å². The molecule has 0 fully saturated rings. The summed E-state index contributed by atoms with van der Waals surface area (Å²) in [5.41, 5.74) is 0.725. The first-order valence-electron chi connectivity index (χ1n) is 8.15. The summed E-state index contributed by atoms with van der Waals surface area (Å²) in [7, 11) is 0. The van der Waals surface area contributed by atoms with E-state index < -0.39 is 0 Å². The van der Waals surface area contributed by atoms with E-state index in [1.807, 2.05) is 0 Å². The number of benzene rings is 1. The van der Waals surface area contributed by atoms with E-state index in [9.17, 15) is 4.79 Å². The van der Waals surface area contributed by atoms with E-state index >= 15 is 0 Å². The number of Topliss-reactive ketones (excluding diaryl/α,β-unsaturated/α-hetero) is 1. The second-order valence-electron chi connectivity index (χ2n) is 5.45. The number of hydrogen-bond acceptors (Lipinski definition) is 3. The topological polar surface area (TPSA) is 46.5 Å². The smallest absolute Gasteiger partial charge is 0.186 e. The molecule has 0 aliphatic rings. The van der Waals surface area contributed by atoms with Gasteiger partial charge in [0.05, 0.1) is 0 Å². The summed E-state index contributed by atoms with van der Waals surface area (Å²) in [5.74, 6) is 0.776. The van der Waals surface area contributed by atoms with E-state index in [1.54, 1.807) is 24.3 Å². The molecule has 1 aromatic rings. The fraction of sp³-hybridized carbons (Fsp3) is 0.611. The van der Waals surface area contributed by atoms with Crippen molar-refractivity contribution in [2.45, 2.75) is 64.7 Å². The Kier molecular flexibility index (Phi) is 9.55. The monoisotopic (exact) mass is 292 g/mol. The van der Waals surface area contributed by atoms with Crippen LogP contribution in [0.5, 0.6) is 5.75 Å². The first-order valence-corrected chi connectivity index (χ1v) is 8.15. The molecule has 1 N–H and O–H groups in total. The molecule has 0 aliphatic carbocycles. The first kappa shape index (κ1) is 17.7. The molecular weight excluding hydrogens is 264 g/mol. The second kappa shape index (κ2) is 11.3. The van der Waals surface area contributed by atoms with Gasteiger partial charge in [-0.1, -0.05) is 51.9 Å². The number of carbonyl (C=O) groups is 1. The van der Waals surface area contributed by atoms with Gasteiger partial charge in [0, 0.05) is 12.0 Å². The fourth-order valence-electron chi connectivity index (χ4n) is 2.38. The average Bonchev–Trinajstić information content (AvgIpc) is 2.51. The average molecular weight is 292 g/mol. The highest BCUT2D eigenvalue weighted by atomic mass is 16.6. The number of rotatable bonds is 12. The Morgan fingerprint density at radius 2 is 1.52 bits per heavy atom. The van der Waals surface area contributed by atoms with Crippen LogP contribution in [0.4, 0.5) is 0 Å². The van der Waals surface area contributed by atoms with Gasteiger partial charge in [0.15, 0.2) is 12.6 Å². The van der Waals surface area contributed by atoms with Crippen molar-refractivity contribution in [1.29, 1.82) is 0 Å². The molecule has 0 amide bonds. The summed E-state index contributed by atoms with van der Waals surface area (Å²) in [4.78, 5) is 12.0. The molecule has 0 unspecified atom stereocenters. The van der Waals surface area contributed by atoms with Gasteiger partial charge in [0.25, 0.3) is 0 Å². The molecule has 3 heteroatoms. The van der Waals surface area contributed by atoms with Crippen LogP contribution in [0.3, 0.4) is 0 Å². The number of unbranched alkanes of at least 4 members (excludes halogenated alkanes) is 7. The molecule has 3 nitrogen and oxygen atoms in total. The molecule has 118 valence electrons. The van der Waals surface area contributed by atoms with E-state index in [2.05, 4.69) is 6.92 Å². The molecule has 1 aromatic carbocycles. The molecule has 0 saturated carbocycles. The van der Waals surface area contributed by atoms with Crippen molar-refractivity contribution in [3.05, 3.63) is 29.8 Å². The normalized spacial score (nSPS) is 10.6. The lowest BCUT2D eigenvalue weighted by Gasteiger charge is -2.04. The van der Waals surface area contributed by atoms with E-state index in [0.717, 1.165) is 18.4 Å². The fourth-order valence-corrected chi connectivity index (χ4v) is 2.38. The van der Waals surface area contributed by atoms with Crippen LogP contribution in [-0.2, 0) is 0 Å². The number of ketones is 1. The third-order valence-corrected chi connectivity index (χ3v) is 3.66. The van der Waals surface area contributed by atoms with Crippen molar-refractivity contribution in [2.24, 2.45) is 0 Å². The van der Waals surface area contributed by atoms with Crippen LogP contribution in [0.2, 0.25) is 0 Å². The lowest BCUT2D eigenvalue weighted by molar-refractivity contribution is 0.0976. The highest BCUT2D eigenvalue weighted by Crippen LogP contribution is 2.15. The summed E-state index contributed by atoms with van der Waals surface area (Å²) in [6.07, 6.45) is 10.6. The minimum atomic E-state index is -0.342. The van der Waals surface area contributed by atoms with Gasteiger partial charge in [-0.3, -0.25) is 4.79 Å². The van der Waals surface area contributed by atoms with Crippen molar-refractivity contribution >= 4 is 5.78 Å². The third-order valence-electron chi connectivity index (χ3n) is 3.66.